The summed E-state index contributed by atoms with van der Waals surface area (Å²) >= 11 is 0. The Kier molecular flexibility index (Phi) is 7.61. The predicted octanol–water partition coefficient (Wildman–Crippen LogP) is 5.92. The van der Waals surface area contributed by atoms with Crippen molar-refractivity contribution in [1.82, 2.24) is 25.6 Å². The summed E-state index contributed by atoms with van der Waals surface area (Å²) in [4.78, 5) is 4.71. The van der Waals surface area contributed by atoms with Gasteiger partial charge in [0.2, 0.25) is 0 Å². The van der Waals surface area contributed by atoms with Crippen molar-refractivity contribution >= 4 is 10.9 Å². The molecular weight excluding hydrogens is 446 g/mol. The van der Waals surface area contributed by atoms with Crippen LogP contribution >= 0.6 is 0 Å². The summed E-state index contributed by atoms with van der Waals surface area (Å²) in [6, 6.07) is 29.7. The van der Waals surface area contributed by atoms with Crippen LogP contribution in [0.25, 0.3) is 10.9 Å². The van der Waals surface area contributed by atoms with Gasteiger partial charge in [-0.25, -0.2) is 10.1 Å². The lowest BCUT2D eigenvalue weighted by Crippen LogP contribution is -2.03. The monoisotopic (exact) mass is 477 g/mol. The van der Waals surface area contributed by atoms with Gasteiger partial charge < -0.3 is 4.74 Å². The summed E-state index contributed by atoms with van der Waals surface area (Å²) in [5.74, 6) is 2.30. The van der Waals surface area contributed by atoms with E-state index in [4.69, 9.17) is 9.72 Å². The minimum absolute atomic E-state index is 0.460. The number of aromatic nitrogens is 5. The number of tetrazole rings is 1. The number of pyridine rings is 1. The van der Waals surface area contributed by atoms with Crippen molar-refractivity contribution in [3.8, 4) is 5.75 Å². The number of benzene rings is 3. The van der Waals surface area contributed by atoms with Crippen molar-refractivity contribution in [1.29, 1.82) is 0 Å². The fraction of sp³-hybridized carbons (Fsp3) is 0.267. The van der Waals surface area contributed by atoms with Gasteiger partial charge >= 0.3 is 0 Å². The third kappa shape index (κ3) is 6.54. The molecule has 0 aliphatic carbocycles. The fourth-order valence-electron chi connectivity index (χ4n) is 4.51. The van der Waals surface area contributed by atoms with Crippen LogP contribution in [0.1, 0.15) is 41.6 Å². The Morgan fingerprint density at radius 3 is 2.47 bits per heavy atom. The van der Waals surface area contributed by atoms with Crippen LogP contribution in [0.4, 0.5) is 0 Å². The molecule has 3 aromatic carbocycles. The number of aryl methyl sites for hydroxylation is 3. The molecule has 2 aromatic heterocycles. The smallest absolute Gasteiger partial charge is 0.148 e. The average Bonchev–Trinajstić information content (AvgIpc) is 3.44. The number of hydrogen-bond donors (Lipinski definition) is 1. The summed E-state index contributed by atoms with van der Waals surface area (Å²) in [5.41, 5.74) is 5.96. The minimum Gasteiger partial charge on any atom is -0.487 e. The van der Waals surface area contributed by atoms with E-state index in [1.165, 1.54) is 16.7 Å². The van der Waals surface area contributed by atoms with E-state index in [0.717, 1.165) is 60.3 Å². The first-order chi connectivity index (χ1) is 17.7. The van der Waals surface area contributed by atoms with Crippen LogP contribution in [0.5, 0.6) is 5.75 Å². The Hall–Kier alpha value is -4.06. The summed E-state index contributed by atoms with van der Waals surface area (Å²) in [5, 5.41) is 15.3. The molecule has 36 heavy (non-hydrogen) atoms. The van der Waals surface area contributed by atoms with Gasteiger partial charge in [0.25, 0.3) is 0 Å². The number of ether oxygens (including phenoxy) is 1. The zero-order chi connectivity index (χ0) is 24.6. The first-order valence-electron chi connectivity index (χ1n) is 12.6. The van der Waals surface area contributed by atoms with Gasteiger partial charge in [0, 0.05) is 11.8 Å². The number of H-pyrrole nitrogens is 1. The van der Waals surface area contributed by atoms with Crippen molar-refractivity contribution < 1.29 is 4.74 Å². The molecule has 0 fully saturated rings. The van der Waals surface area contributed by atoms with Crippen molar-refractivity contribution in [3.63, 3.8) is 0 Å². The number of nitrogens with zero attached hydrogens (tertiary/aromatic N) is 4. The van der Waals surface area contributed by atoms with Crippen molar-refractivity contribution in [2.45, 2.75) is 45.6 Å². The van der Waals surface area contributed by atoms with Crippen molar-refractivity contribution in [2.75, 3.05) is 0 Å². The van der Waals surface area contributed by atoms with Crippen LogP contribution in [0, 0.1) is 5.92 Å². The fourth-order valence-corrected chi connectivity index (χ4v) is 4.51. The van der Waals surface area contributed by atoms with Crippen LogP contribution in [-0.2, 0) is 32.3 Å². The quantitative estimate of drug-likeness (QED) is 0.255. The molecule has 5 aromatic rings. The highest BCUT2D eigenvalue weighted by Crippen LogP contribution is 2.19. The van der Waals surface area contributed by atoms with Gasteiger partial charge in [0.15, 0.2) is 0 Å². The van der Waals surface area contributed by atoms with Crippen LogP contribution in [0.2, 0.25) is 0 Å². The third-order valence-electron chi connectivity index (χ3n) is 6.48. The molecule has 6 nitrogen and oxygen atoms in total. The number of rotatable bonds is 11. The number of para-hydroxylation sites is 1. The highest BCUT2D eigenvalue weighted by molar-refractivity contribution is 5.78. The normalized spacial score (nSPS) is 12.0. The molecule has 0 aliphatic rings. The average molecular weight is 478 g/mol. The van der Waals surface area contributed by atoms with Gasteiger partial charge in [-0.1, -0.05) is 67.6 Å². The largest absolute Gasteiger partial charge is 0.487 e. The van der Waals surface area contributed by atoms with Gasteiger partial charge in [0.1, 0.15) is 18.2 Å². The number of aromatic amines is 1. The number of hydrogen-bond acceptors (Lipinski definition) is 5. The second-order valence-corrected chi connectivity index (χ2v) is 9.45. The van der Waals surface area contributed by atoms with Gasteiger partial charge in [0.05, 0.1) is 11.2 Å². The maximum atomic E-state index is 6.07. The molecule has 182 valence electrons. The van der Waals surface area contributed by atoms with Crippen LogP contribution in [0.15, 0.2) is 84.9 Å². The van der Waals surface area contributed by atoms with E-state index in [-0.39, 0.29) is 0 Å². The highest BCUT2D eigenvalue weighted by atomic mass is 16.5. The molecule has 1 unspecified atom stereocenters. The molecule has 6 heteroatoms. The standard InChI is InChI=1S/C30H31N5O/c1-22(12-17-30-32-34-35-33-30)18-25-8-4-6-23(19-25)13-14-24-7-5-10-28(20-24)36-21-27-16-15-26-9-2-3-11-29(26)31-27/h2-11,15-16,19-20,22H,12-14,17-18,21H2,1H3,(H,32,33,34,35). The molecule has 0 amide bonds. The molecule has 0 aliphatic heterocycles. The van der Waals surface area contributed by atoms with Gasteiger partial charge in [-0.3, -0.25) is 0 Å². The van der Waals surface area contributed by atoms with E-state index in [9.17, 15) is 0 Å². The first-order valence-corrected chi connectivity index (χ1v) is 12.6. The molecular formula is C30H31N5O. The number of nitrogens with one attached hydrogen (secondary N) is 1. The third-order valence-corrected chi connectivity index (χ3v) is 6.48. The SMILES string of the molecule is CC(CCc1nnn[nH]1)Cc1cccc(CCc2cccc(OCc3ccc4ccccc4n3)c2)c1. The van der Waals surface area contributed by atoms with Gasteiger partial charge in [-0.05, 0) is 83.0 Å². The predicted molar refractivity (Wildman–Crippen MR) is 142 cm³/mol. The Labute approximate surface area is 211 Å². The molecule has 0 saturated heterocycles. The zero-order valence-corrected chi connectivity index (χ0v) is 20.6. The molecule has 0 spiro atoms. The molecule has 0 radical (unpaired) electrons. The van der Waals surface area contributed by atoms with Crippen molar-refractivity contribution in [2.24, 2.45) is 5.92 Å². The maximum Gasteiger partial charge on any atom is 0.148 e. The lowest BCUT2D eigenvalue weighted by molar-refractivity contribution is 0.301. The molecule has 5 rings (SSSR count). The zero-order valence-electron chi connectivity index (χ0n) is 20.6. The van der Waals surface area contributed by atoms with Crippen molar-refractivity contribution in [3.05, 3.63) is 113 Å². The Morgan fingerprint density at radius 2 is 1.61 bits per heavy atom. The molecule has 1 N–H and O–H groups in total. The van der Waals surface area contributed by atoms with E-state index in [0.29, 0.717) is 12.5 Å². The summed E-state index contributed by atoms with van der Waals surface area (Å²) in [6.07, 6.45) is 4.97. The van der Waals surface area contributed by atoms with Crippen LogP contribution in [0.3, 0.4) is 0 Å². The van der Waals surface area contributed by atoms with Crippen LogP contribution in [-0.4, -0.2) is 25.6 Å². The van der Waals surface area contributed by atoms with E-state index in [2.05, 4.69) is 82.1 Å². The molecule has 1 atom stereocenters. The Morgan fingerprint density at radius 1 is 0.806 bits per heavy atom. The van der Waals surface area contributed by atoms with E-state index >= 15 is 0 Å². The maximum absolute atomic E-state index is 6.07. The Bertz CT molecular complexity index is 1400. The summed E-state index contributed by atoms with van der Waals surface area (Å²) in [6.45, 7) is 2.75. The summed E-state index contributed by atoms with van der Waals surface area (Å²) in [7, 11) is 0. The van der Waals surface area contributed by atoms with Crippen LogP contribution < -0.4 is 4.74 Å². The second-order valence-electron chi connectivity index (χ2n) is 9.45. The molecule has 0 bridgehead atoms. The Balaban J connectivity index is 1.13. The molecule has 0 saturated carbocycles. The first kappa shape index (κ1) is 23.7. The lowest BCUT2D eigenvalue weighted by atomic mass is 9.94. The van der Waals surface area contributed by atoms with E-state index < -0.39 is 0 Å². The van der Waals surface area contributed by atoms with Gasteiger partial charge in [-0.2, -0.15) is 0 Å². The minimum atomic E-state index is 0.460. The highest BCUT2D eigenvalue weighted by Gasteiger charge is 2.08. The van der Waals surface area contributed by atoms with Gasteiger partial charge in [-0.15, -0.1) is 5.10 Å². The number of fused-ring (bicyclic) bond motifs is 1. The van der Waals surface area contributed by atoms with E-state index in [1.54, 1.807) is 0 Å². The molecule has 2 heterocycles. The lowest BCUT2D eigenvalue weighted by Gasteiger charge is -2.12. The topological polar surface area (TPSA) is 76.6 Å². The second kappa shape index (κ2) is 11.6. The summed E-state index contributed by atoms with van der Waals surface area (Å²) < 4.78 is 6.07. The van der Waals surface area contributed by atoms with E-state index in [1.807, 2.05) is 30.3 Å².